The Morgan fingerprint density at radius 3 is 2.67 bits per heavy atom. The van der Waals surface area contributed by atoms with Crippen molar-refractivity contribution in [1.29, 1.82) is 0 Å². The molecule has 0 bridgehead atoms. The zero-order valence-electron chi connectivity index (χ0n) is 9.66. The van der Waals surface area contributed by atoms with Crippen molar-refractivity contribution < 1.29 is 18.7 Å². The van der Waals surface area contributed by atoms with Crippen LogP contribution in [-0.2, 0) is 4.74 Å². The number of benzene rings is 1. The molecule has 0 aliphatic heterocycles. The van der Waals surface area contributed by atoms with Gasteiger partial charge in [0.15, 0.2) is 5.69 Å². The number of fused-ring (bicyclic) bond motifs is 1. The van der Waals surface area contributed by atoms with Crippen molar-refractivity contribution in [2.75, 3.05) is 14.2 Å². The molecule has 18 heavy (non-hydrogen) atoms. The lowest BCUT2D eigenvalue weighted by Crippen LogP contribution is -2.05. The number of pyridine rings is 1. The first kappa shape index (κ1) is 12.6. The average Bonchev–Trinajstić information content (AvgIpc) is 2.38. The highest BCUT2D eigenvalue weighted by Gasteiger charge is 2.14. The maximum Gasteiger partial charge on any atom is 0.356 e. The van der Waals surface area contributed by atoms with E-state index >= 15 is 0 Å². The Morgan fingerprint density at radius 1 is 1.33 bits per heavy atom. The predicted octanol–water partition coefficient (Wildman–Crippen LogP) is 2.82. The van der Waals surface area contributed by atoms with Crippen LogP contribution in [0.5, 0.6) is 5.75 Å². The summed E-state index contributed by atoms with van der Waals surface area (Å²) in [7, 11) is 2.68. The average molecular weight is 270 g/mol. The molecule has 94 valence electrons. The van der Waals surface area contributed by atoms with E-state index in [1.54, 1.807) is 0 Å². The molecule has 1 aromatic heterocycles. The minimum Gasteiger partial charge on any atom is -0.496 e. The third kappa shape index (κ3) is 2.09. The molecule has 1 aromatic carbocycles. The Labute approximate surface area is 107 Å². The van der Waals surface area contributed by atoms with Crippen LogP contribution in [0.3, 0.4) is 0 Å². The second-order valence-corrected chi connectivity index (χ2v) is 3.89. The molecule has 0 saturated carbocycles. The summed E-state index contributed by atoms with van der Waals surface area (Å²) in [4.78, 5) is 15.4. The Balaban J connectivity index is 2.75. The number of aromatic nitrogens is 1. The van der Waals surface area contributed by atoms with Crippen LogP contribution in [-0.4, -0.2) is 25.2 Å². The van der Waals surface area contributed by atoms with Gasteiger partial charge in [0.05, 0.1) is 24.8 Å². The molecule has 6 heteroatoms. The summed E-state index contributed by atoms with van der Waals surface area (Å²) >= 11 is 5.70. The van der Waals surface area contributed by atoms with Crippen LogP contribution in [0.25, 0.3) is 10.9 Å². The Hall–Kier alpha value is -1.88. The van der Waals surface area contributed by atoms with Crippen molar-refractivity contribution in [3.05, 3.63) is 34.7 Å². The Bertz CT molecular complexity index is 630. The van der Waals surface area contributed by atoms with Gasteiger partial charge in [0, 0.05) is 17.5 Å². The molecule has 0 atom stereocenters. The topological polar surface area (TPSA) is 48.4 Å². The third-order valence-electron chi connectivity index (χ3n) is 2.43. The van der Waals surface area contributed by atoms with Crippen molar-refractivity contribution >= 4 is 28.5 Å². The van der Waals surface area contributed by atoms with Gasteiger partial charge in [-0.2, -0.15) is 0 Å². The van der Waals surface area contributed by atoms with E-state index in [-0.39, 0.29) is 16.2 Å². The number of carbonyl (C=O) groups is 1. The summed E-state index contributed by atoms with van der Waals surface area (Å²) in [5.41, 5.74) is 0.320. The van der Waals surface area contributed by atoms with Gasteiger partial charge in [0.25, 0.3) is 0 Å². The smallest absolute Gasteiger partial charge is 0.356 e. The first-order valence-electron chi connectivity index (χ1n) is 4.99. The minimum absolute atomic E-state index is 0.0339. The number of esters is 1. The van der Waals surface area contributed by atoms with Gasteiger partial charge >= 0.3 is 5.97 Å². The first-order chi connectivity index (χ1) is 8.56. The van der Waals surface area contributed by atoms with E-state index in [2.05, 4.69) is 9.72 Å². The molecule has 0 unspecified atom stereocenters. The lowest BCUT2D eigenvalue weighted by molar-refractivity contribution is 0.0594. The van der Waals surface area contributed by atoms with E-state index in [9.17, 15) is 9.18 Å². The summed E-state index contributed by atoms with van der Waals surface area (Å²) in [6.45, 7) is 0. The van der Waals surface area contributed by atoms with Gasteiger partial charge < -0.3 is 9.47 Å². The van der Waals surface area contributed by atoms with E-state index in [0.717, 1.165) is 6.07 Å². The highest BCUT2D eigenvalue weighted by Crippen LogP contribution is 2.29. The van der Waals surface area contributed by atoms with Crippen LogP contribution < -0.4 is 4.74 Å². The number of hydrogen-bond donors (Lipinski definition) is 0. The summed E-state index contributed by atoms with van der Waals surface area (Å²) in [5.74, 6) is -0.853. The lowest BCUT2D eigenvalue weighted by Gasteiger charge is -2.08. The van der Waals surface area contributed by atoms with Gasteiger partial charge in [-0.15, -0.1) is 0 Å². The van der Waals surface area contributed by atoms with Crippen molar-refractivity contribution in [2.24, 2.45) is 0 Å². The molecule has 0 saturated heterocycles. The second kappa shape index (κ2) is 4.78. The molecule has 1 heterocycles. The SMILES string of the molecule is COC(=O)c1cc(OC)c2cc(Cl)c(F)cc2n1. The molecule has 0 N–H and O–H groups in total. The van der Waals surface area contributed by atoms with Crippen LogP contribution in [0.1, 0.15) is 10.5 Å². The monoisotopic (exact) mass is 269 g/mol. The molecular formula is C12H9ClFNO3. The van der Waals surface area contributed by atoms with Gasteiger partial charge in [-0.25, -0.2) is 14.2 Å². The maximum absolute atomic E-state index is 13.4. The van der Waals surface area contributed by atoms with E-state index in [4.69, 9.17) is 16.3 Å². The zero-order chi connectivity index (χ0) is 13.3. The second-order valence-electron chi connectivity index (χ2n) is 3.48. The predicted molar refractivity (Wildman–Crippen MR) is 64.6 cm³/mol. The van der Waals surface area contributed by atoms with Crippen molar-refractivity contribution in [3.63, 3.8) is 0 Å². The molecular weight excluding hydrogens is 261 g/mol. The number of carbonyl (C=O) groups excluding carboxylic acids is 1. The Kier molecular flexibility index (Phi) is 3.34. The minimum atomic E-state index is -0.620. The number of rotatable bonds is 2. The van der Waals surface area contributed by atoms with Crippen molar-refractivity contribution in [2.45, 2.75) is 0 Å². The quantitative estimate of drug-likeness (QED) is 0.787. The van der Waals surface area contributed by atoms with Gasteiger partial charge in [-0.1, -0.05) is 11.6 Å². The lowest BCUT2D eigenvalue weighted by atomic mass is 10.1. The number of ether oxygens (including phenoxy) is 2. The standard InChI is InChI=1S/C12H9ClFNO3/c1-17-11-5-10(12(16)18-2)15-9-4-8(14)7(13)3-6(9)11/h3-5H,1-2H3. The van der Waals surface area contributed by atoms with Crippen LogP contribution in [0.15, 0.2) is 18.2 Å². The fourth-order valence-electron chi connectivity index (χ4n) is 1.57. The molecule has 0 aliphatic carbocycles. The van der Waals surface area contributed by atoms with E-state index in [1.807, 2.05) is 0 Å². The zero-order valence-corrected chi connectivity index (χ0v) is 10.4. The number of methoxy groups -OCH3 is 2. The fourth-order valence-corrected chi connectivity index (χ4v) is 1.73. The van der Waals surface area contributed by atoms with Crippen molar-refractivity contribution in [1.82, 2.24) is 4.98 Å². The van der Waals surface area contributed by atoms with Gasteiger partial charge in [-0.05, 0) is 6.07 Å². The summed E-state index contributed by atoms with van der Waals surface area (Å²) < 4.78 is 23.1. The highest BCUT2D eigenvalue weighted by molar-refractivity contribution is 6.31. The summed E-state index contributed by atoms with van der Waals surface area (Å²) in [6.07, 6.45) is 0. The molecule has 2 aromatic rings. The van der Waals surface area contributed by atoms with Gasteiger partial charge in [-0.3, -0.25) is 0 Å². The summed E-state index contributed by atoms with van der Waals surface area (Å²) in [5, 5.41) is 0.491. The van der Waals surface area contributed by atoms with Crippen LogP contribution in [0.4, 0.5) is 4.39 Å². The molecule has 0 spiro atoms. The van der Waals surface area contributed by atoms with Gasteiger partial charge in [0.1, 0.15) is 11.6 Å². The molecule has 0 amide bonds. The number of halogens is 2. The fraction of sp³-hybridized carbons (Fsp3) is 0.167. The maximum atomic E-state index is 13.4. The van der Waals surface area contributed by atoms with Crippen LogP contribution in [0, 0.1) is 5.82 Å². The van der Waals surface area contributed by atoms with E-state index in [0.29, 0.717) is 11.1 Å². The Morgan fingerprint density at radius 2 is 2.06 bits per heavy atom. The molecule has 2 rings (SSSR count). The van der Waals surface area contributed by atoms with Crippen LogP contribution in [0.2, 0.25) is 5.02 Å². The van der Waals surface area contributed by atoms with Gasteiger partial charge in [0.2, 0.25) is 0 Å². The van der Waals surface area contributed by atoms with Crippen molar-refractivity contribution in [3.8, 4) is 5.75 Å². The van der Waals surface area contributed by atoms with E-state index in [1.165, 1.54) is 26.4 Å². The first-order valence-corrected chi connectivity index (χ1v) is 5.36. The van der Waals surface area contributed by atoms with E-state index < -0.39 is 11.8 Å². The third-order valence-corrected chi connectivity index (χ3v) is 2.72. The molecule has 4 nitrogen and oxygen atoms in total. The molecule has 0 radical (unpaired) electrons. The van der Waals surface area contributed by atoms with Crippen LogP contribution >= 0.6 is 11.6 Å². The largest absolute Gasteiger partial charge is 0.496 e. The molecule has 0 fully saturated rings. The molecule has 0 aliphatic rings. The number of hydrogen-bond acceptors (Lipinski definition) is 4. The highest BCUT2D eigenvalue weighted by atomic mass is 35.5. The normalized spacial score (nSPS) is 10.4. The summed E-state index contributed by atoms with van der Waals surface area (Å²) in [6, 6.07) is 3.97. The number of nitrogens with zero attached hydrogens (tertiary/aromatic N) is 1.